The van der Waals surface area contributed by atoms with Gasteiger partial charge in [-0.1, -0.05) is 0 Å². The first-order valence-electron chi connectivity index (χ1n) is 4.71. The molecule has 1 aromatic rings. The first-order chi connectivity index (χ1) is 8.36. The second kappa shape index (κ2) is 5.22. The van der Waals surface area contributed by atoms with Crippen molar-refractivity contribution in [1.29, 1.82) is 5.26 Å². The SMILES string of the molecule is N#CC(O)C(O)c1cc(C(N)=O)cc([N+](=O)[O-])c1. The number of primary amides is 1. The Morgan fingerprint density at radius 1 is 1.44 bits per heavy atom. The average Bonchev–Trinajstić information content (AvgIpc) is 2.36. The molecule has 1 rings (SSSR count). The summed E-state index contributed by atoms with van der Waals surface area (Å²) in [6.45, 7) is 0. The van der Waals surface area contributed by atoms with E-state index in [1.54, 1.807) is 0 Å². The molecule has 4 N–H and O–H groups in total. The number of hydrogen-bond donors (Lipinski definition) is 3. The number of carbonyl (C=O) groups is 1. The number of aliphatic hydroxyl groups excluding tert-OH is 2. The van der Waals surface area contributed by atoms with Crippen LogP contribution in [0.15, 0.2) is 18.2 Å². The number of amides is 1. The van der Waals surface area contributed by atoms with Crippen LogP contribution in [-0.2, 0) is 0 Å². The number of nitro benzene ring substituents is 1. The molecule has 0 aliphatic carbocycles. The van der Waals surface area contributed by atoms with Gasteiger partial charge in [0.1, 0.15) is 6.10 Å². The second-order valence-corrected chi connectivity index (χ2v) is 3.45. The Hall–Kier alpha value is -2.50. The molecule has 0 radical (unpaired) electrons. The molecule has 1 aromatic carbocycles. The van der Waals surface area contributed by atoms with E-state index in [0.717, 1.165) is 18.2 Å². The minimum Gasteiger partial charge on any atom is -0.385 e. The maximum Gasteiger partial charge on any atom is 0.270 e. The molecule has 0 aromatic heterocycles. The van der Waals surface area contributed by atoms with Gasteiger partial charge in [0.2, 0.25) is 5.91 Å². The summed E-state index contributed by atoms with van der Waals surface area (Å²) in [5.41, 5.74) is 4.20. The summed E-state index contributed by atoms with van der Waals surface area (Å²) in [4.78, 5) is 20.8. The molecule has 94 valence electrons. The molecule has 1 amide bonds. The summed E-state index contributed by atoms with van der Waals surface area (Å²) in [7, 11) is 0. The Morgan fingerprint density at radius 3 is 2.50 bits per heavy atom. The van der Waals surface area contributed by atoms with Crippen molar-refractivity contribution in [2.45, 2.75) is 12.2 Å². The van der Waals surface area contributed by atoms with Gasteiger partial charge in [-0.25, -0.2) is 0 Å². The molecule has 0 bridgehead atoms. The molecular weight excluding hydrogens is 242 g/mol. The molecule has 8 heteroatoms. The Balaban J connectivity index is 3.32. The average molecular weight is 251 g/mol. The molecule has 0 heterocycles. The van der Waals surface area contributed by atoms with Crippen LogP contribution in [0.3, 0.4) is 0 Å². The van der Waals surface area contributed by atoms with Crippen LogP contribution in [0, 0.1) is 21.4 Å². The zero-order valence-corrected chi connectivity index (χ0v) is 8.98. The van der Waals surface area contributed by atoms with Crippen LogP contribution in [0.4, 0.5) is 5.69 Å². The van der Waals surface area contributed by atoms with Crippen LogP contribution >= 0.6 is 0 Å². The molecule has 8 nitrogen and oxygen atoms in total. The van der Waals surface area contributed by atoms with E-state index in [1.165, 1.54) is 6.07 Å². The van der Waals surface area contributed by atoms with Crippen LogP contribution in [-0.4, -0.2) is 27.1 Å². The number of nitriles is 1. The number of benzene rings is 1. The van der Waals surface area contributed by atoms with E-state index in [-0.39, 0.29) is 11.1 Å². The Morgan fingerprint density at radius 2 is 2.06 bits per heavy atom. The molecule has 0 saturated carbocycles. The van der Waals surface area contributed by atoms with Crippen LogP contribution in [0.1, 0.15) is 22.0 Å². The lowest BCUT2D eigenvalue weighted by molar-refractivity contribution is -0.385. The van der Waals surface area contributed by atoms with Crippen molar-refractivity contribution in [3.05, 3.63) is 39.4 Å². The molecule has 18 heavy (non-hydrogen) atoms. The topological polar surface area (TPSA) is 150 Å². The third kappa shape index (κ3) is 2.79. The number of carbonyl (C=O) groups excluding carboxylic acids is 1. The van der Waals surface area contributed by atoms with E-state index >= 15 is 0 Å². The molecule has 2 unspecified atom stereocenters. The smallest absolute Gasteiger partial charge is 0.270 e. The van der Waals surface area contributed by atoms with Crippen molar-refractivity contribution in [3.8, 4) is 6.07 Å². The first kappa shape index (κ1) is 13.6. The predicted octanol–water partition coefficient (Wildman–Crippen LogP) is -0.388. The maximum absolute atomic E-state index is 11.0. The molecule has 0 aliphatic heterocycles. The highest BCUT2D eigenvalue weighted by molar-refractivity contribution is 5.93. The Bertz CT molecular complexity index is 505. The Kier molecular flexibility index (Phi) is 3.93. The number of nitrogens with two attached hydrogens (primary N) is 1. The van der Waals surface area contributed by atoms with Gasteiger partial charge in [-0.15, -0.1) is 0 Å². The summed E-state index contributed by atoms with van der Waals surface area (Å²) in [6.07, 6.45) is -3.42. The molecule has 2 atom stereocenters. The fourth-order valence-corrected chi connectivity index (χ4v) is 1.31. The summed E-state index contributed by atoms with van der Waals surface area (Å²) < 4.78 is 0. The van der Waals surface area contributed by atoms with E-state index in [0.29, 0.717) is 0 Å². The number of rotatable bonds is 4. The van der Waals surface area contributed by atoms with Crippen molar-refractivity contribution < 1.29 is 19.9 Å². The standard InChI is InChI=1S/C10H9N3O5/c11-4-8(14)9(15)5-1-6(10(12)16)3-7(2-5)13(17)18/h1-3,8-9,14-15H,(H2,12,16). The van der Waals surface area contributed by atoms with E-state index < -0.39 is 28.7 Å². The lowest BCUT2D eigenvalue weighted by Crippen LogP contribution is -2.18. The molecule has 0 saturated heterocycles. The minimum absolute atomic E-state index is 0.132. The zero-order valence-electron chi connectivity index (χ0n) is 8.98. The van der Waals surface area contributed by atoms with Gasteiger partial charge >= 0.3 is 0 Å². The molecule has 0 fully saturated rings. The lowest BCUT2D eigenvalue weighted by atomic mass is 10.0. The van der Waals surface area contributed by atoms with E-state index in [1.807, 2.05) is 0 Å². The number of nitro groups is 1. The summed E-state index contributed by atoms with van der Waals surface area (Å²) >= 11 is 0. The number of nitrogens with zero attached hydrogens (tertiary/aromatic N) is 2. The largest absolute Gasteiger partial charge is 0.385 e. The van der Waals surface area contributed by atoms with Crippen LogP contribution in [0.2, 0.25) is 0 Å². The van der Waals surface area contributed by atoms with E-state index in [4.69, 9.17) is 16.1 Å². The quantitative estimate of drug-likeness (QED) is 0.376. The predicted molar refractivity (Wildman–Crippen MR) is 58.2 cm³/mol. The van der Waals surface area contributed by atoms with Crippen LogP contribution in [0.25, 0.3) is 0 Å². The third-order valence-corrected chi connectivity index (χ3v) is 2.21. The fourth-order valence-electron chi connectivity index (χ4n) is 1.31. The molecule has 0 spiro atoms. The fraction of sp³-hybridized carbons (Fsp3) is 0.200. The van der Waals surface area contributed by atoms with Gasteiger partial charge in [0.25, 0.3) is 5.69 Å². The zero-order chi connectivity index (χ0) is 13.9. The molecule has 0 aliphatic rings. The number of non-ortho nitro benzene ring substituents is 1. The highest BCUT2D eigenvalue weighted by Gasteiger charge is 2.22. The van der Waals surface area contributed by atoms with Crippen molar-refractivity contribution in [1.82, 2.24) is 0 Å². The van der Waals surface area contributed by atoms with Crippen LogP contribution < -0.4 is 5.73 Å². The highest BCUT2D eigenvalue weighted by atomic mass is 16.6. The van der Waals surface area contributed by atoms with Gasteiger partial charge < -0.3 is 15.9 Å². The lowest BCUT2D eigenvalue weighted by Gasteiger charge is -2.12. The number of aliphatic hydroxyl groups is 2. The maximum atomic E-state index is 11.0. The van der Waals surface area contributed by atoms with Gasteiger partial charge in [0.05, 0.1) is 11.0 Å². The second-order valence-electron chi connectivity index (χ2n) is 3.45. The van der Waals surface area contributed by atoms with Crippen LogP contribution in [0.5, 0.6) is 0 Å². The minimum atomic E-state index is -1.76. The Labute approximate surface area is 101 Å². The third-order valence-electron chi connectivity index (χ3n) is 2.21. The van der Waals surface area contributed by atoms with Crippen molar-refractivity contribution in [3.63, 3.8) is 0 Å². The van der Waals surface area contributed by atoms with Gasteiger partial charge in [0, 0.05) is 17.7 Å². The van der Waals surface area contributed by atoms with E-state index in [9.17, 15) is 20.0 Å². The summed E-state index contributed by atoms with van der Waals surface area (Å²) in [6, 6.07) is 4.36. The first-order valence-corrected chi connectivity index (χ1v) is 4.71. The van der Waals surface area contributed by atoms with Gasteiger partial charge in [-0.3, -0.25) is 14.9 Å². The van der Waals surface area contributed by atoms with Gasteiger partial charge in [0.15, 0.2) is 6.10 Å². The van der Waals surface area contributed by atoms with Crippen molar-refractivity contribution in [2.24, 2.45) is 5.73 Å². The summed E-state index contributed by atoms with van der Waals surface area (Å²) in [5.74, 6) is -0.918. The van der Waals surface area contributed by atoms with Crippen molar-refractivity contribution in [2.75, 3.05) is 0 Å². The van der Waals surface area contributed by atoms with Gasteiger partial charge in [-0.05, 0) is 11.6 Å². The highest BCUT2D eigenvalue weighted by Crippen LogP contribution is 2.24. The number of hydrogen-bond acceptors (Lipinski definition) is 6. The van der Waals surface area contributed by atoms with Crippen molar-refractivity contribution >= 4 is 11.6 Å². The normalized spacial score (nSPS) is 13.4. The van der Waals surface area contributed by atoms with E-state index in [2.05, 4.69) is 0 Å². The molecular formula is C10H9N3O5. The summed E-state index contributed by atoms with van der Waals surface area (Å²) in [5, 5.41) is 37.8. The monoisotopic (exact) mass is 251 g/mol. The van der Waals surface area contributed by atoms with Gasteiger partial charge in [-0.2, -0.15) is 5.26 Å².